The number of anilines is 1. The van der Waals surface area contributed by atoms with Gasteiger partial charge in [0.1, 0.15) is 6.33 Å². The molecule has 1 N–H and O–H groups in total. The second kappa shape index (κ2) is 8.22. The smallest absolute Gasteiger partial charge is 0.256 e. The third-order valence-electron chi connectivity index (χ3n) is 5.74. The van der Waals surface area contributed by atoms with Crippen LogP contribution in [0.3, 0.4) is 0 Å². The van der Waals surface area contributed by atoms with Crippen molar-refractivity contribution < 1.29 is 9.59 Å². The molecular weight excluding hydrogens is 380 g/mol. The predicted octanol–water partition coefficient (Wildman–Crippen LogP) is 2.86. The first kappa shape index (κ1) is 20.0. The van der Waals surface area contributed by atoms with Gasteiger partial charge >= 0.3 is 0 Å². The molecule has 1 saturated heterocycles. The van der Waals surface area contributed by atoms with E-state index in [0.29, 0.717) is 23.4 Å². The fraction of sp³-hybridized carbons (Fsp3) is 0.409. The zero-order valence-corrected chi connectivity index (χ0v) is 17.6. The van der Waals surface area contributed by atoms with Gasteiger partial charge in [-0.05, 0) is 57.2 Å². The molecular formula is C22H26N6O2. The number of carbonyl (C=O) groups excluding carboxylic acids is 2. The topological polar surface area (TPSA) is 92.5 Å². The van der Waals surface area contributed by atoms with Crippen molar-refractivity contribution >= 4 is 23.3 Å². The van der Waals surface area contributed by atoms with Crippen molar-refractivity contribution in [1.82, 2.24) is 24.5 Å². The second-order valence-corrected chi connectivity index (χ2v) is 7.78. The average Bonchev–Trinajstić information content (AvgIpc) is 3.39. The maximum Gasteiger partial charge on any atom is 0.256 e. The number of fused-ring (bicyclic) bond motifs is 1. The molecule has 2 amide bonds. The van der Waals surface area contributed by atoms with Gasteiger partial charge in [-0.1, -0.05) is 12.1 Å². The summed E-state index contributed by atoms with van der Waals surface area (Å²) in [5, 5.41) is 7.15. The molecule has 0 aliphatic carbocycles. The summed E-state index contributed by atoms with van der Waals surface area (Å²) >= 11 is 0. The number of nitrogens with zero attached hydrogens (tertiary/aromatic N) is 5. The molecule has 1 aromatic carbocycles. The molecule has 3 heterocycles. The molecule has 3 aromatic rings. The normalized spacial score (nSPS) is 13.8. The van der Waals surface area contributed by atoms with E-state index in [4.69, 9.17) is 0 Å². The molecule has 1 aliphatic rings. The van der Waals surface area contributed by atoms with E-state index in [1.165, 1.54) is 6.33 Å². The van der Waals surface area contributed by atoms with Crippen LogP contribution in [-0.4, -0.2) is 49.4 Å². The van der Waals surface area contributed by atoms with E-state index >= 15 is 0 Å². The van der Waals surface area contributed by atoms with Crippen LogP contribution in [0.25, 0.3) is 5.78 Å². The SMILES string of the molecule is Cc1cccc(NC(=O)CCc2c(C)nc3ncnn3c2C)c1C(=O)N1CCCC1. The van der Waals surface area contributed by atoms with E-state index in [2.05, 4.69) is 20.4 Å². The highest BCUT2D eigenvalue weighted by Crippen LogP contribution is 2.24. The zero-order valence-electron chi connectivity index (χ0n) is 17.6. The lowest BCUT2D eigenvalue weighted by Gasteiger charge is -2.20. The van der Waals surface area contributed by atoms with Gasteiger partial charge in [-0.15, -0.1) is 0 Å². The molecule has 2 aromatic heterocycles. The summed E-state index contributed by atoms with van der Waals surface area (Å²) in [5.74, 6) is 0.421. The van der Waals surface area contributed by atoms with Crippen molar-refractivity contribution in [3.8, 4) is 0 Å². The lowest BCUT2D eigenvalue weighted by atomic mass is 10.0. The monoisotopic (exact) mass is 406 g/mol. The van der Waals surface area contributed by atoms with Crippen molar-refractivity contribution in [1.29, 1.82) is 0 Å². The molecule has 8 nitrogen and oxygen atoms in total. The van der Waals surface area contributed by atoms with Gasteiger partial charge in [0.25, 0.3) is 11.7 Å². The van der Waals surface area contributed by atoms with Crippen LogP contribution in [0.5, 0.6) is 0 Å². The van der Waals surface area contributed by atoms with E-state index < -0.39 is 0 Å². The maximum absolute atomic E-state index is 13.0. The molecule has 0 atom stereocenters. The minimum atomic E-state index is -0.131. The molecule has 8 heteroatoms. The van der Waals surface area contributed by atoms with E-state index in [1.807, 2.05) is 37.8 Å². The van der Waals surface area contributed by atoms with E-state index in [-0.39, 0.29) is 18.2 Å². The fourth-order valence-corrected chi connectivity index (χ4v) is 4.10. The third-order valence-corrected chi connectivity index (χ3v) is 5.74. The van der Waals surface area contributed by atoms with Crippen molar-refractivity contribution in [3.05, 3.63) is 52.6 Å². The summed E-state index contributed by atoms with van der Waals surface area (Å²) < 4.78 is 1.69. The number of amides is 2. The van der Waals surface area contributed by atoms with Gasteiger partial charge in [0.2, 0.25) is 5.91 Å². The highest BCUT2D eigenvalue weighted by atomic mass is 16.2. The van der Waals surface area contributed by atoms with Gasteiger partial charge in [0, 0.05) is 30.9 Å². The van der Waals surface area contributed by atoms with Crippen LogP contribution < -0.4 is 5.32 Å². The molecule has 0 saturated carbocycles. The first-order chi connectivity index (χ1) is 14.5. The van der Waals surface area contributed by atoms with Gasteiger partial charge in [0.05, 0.1) is 11.3 Å². The highest BCUT2D eigenvalue weighted by molar-refractivity contribution is 6.05. The summed E-state index contributed by atoms with van der Waals surface area (Å²) in [6.45, 7) is 7.33. The Morgan fingerprint density at radius 1 is 1.13 bits per heavy atom. The molecule has 1 aliphatic heterocycles. The number of nitrogens with one attached hydrogen (secondary N) is 1. The average molecular weight is 406 g/mol. The molecule has 30 heavy (non-hydrogen) atoms. The molecule has 156 valence electrons. The van der Waals surface area contributed by atoms with Crippen molar-refractivity contribution in [3.63, 3.8) is 0 Å². The Morgan fingerprint density at radius 2 is 1.90 bits per heavy atom. The Labute approximate surface area is 175 Å². The number of aryl methyl sites for hydroxylation is 3. The van der Waals surface area contributed by atoms with E-state index in [9.17, 15) is 9.59 Å². The minimum absolute atomic E-state index is 0.00609. The van der Waals surface area contributed by atoms with E-state index in [1.54, 1.807) is 10.6 Å². The molecule has 0 spiro atoms. The lowest BCUT2D eigenvalue weighted by molar-refractivity contribution is -0.116. The van der Waals surface area contributed by atoms with Gasteiger partial charge in [-0.2, -0.15) is 10.1 Å². The summed E-state index contributed by atoms with van der Waals surface area (Å²) in [5.41, 5.74) is 4.81. The van der Waals surface area contributed by atoms with Gasteiger partial charge < -0.3 is 10.2 Å². The summed E-state index contributed by atoms with van der Waals surface area (Å²) in [6, 6.07) is 5.57. The highest BCUT2D eigenvalue weighted by Gasteiger charge is 2.24. The number of carbonyl (C=O) groups is 2. The first-order valence-electron chi connectivity index (χ1n) is 10.3. The van der Waals surface area contributed by atoms with Crippen LogP contribution in [-0.2, 0) is 11.2 Å². The minimum Gasteiger partial charge on any atom is -0.339 e. The predicted molar refractivity (Wildman–Crippen MR) is 114 cm³/mol. The zero-order chi connectivity index (χ0) is 21.3. The van der Waals surface area contributed by atoms with Crippen LogP contribution in [0.2, 0.25) is 0 Å². The maximum atomic E-state index is 13.0. The Morgan fingerprint density at radius 3 is 2.67 bits per heavy atom. The number of hydrogen-bond donors (Lipinski definition) is 1. The van der Waals surface area contributed by atoms with Crippen LogP contribution >= 0.6 is 0 Å². The number of benzene rings is 1. The second-order valence-electron chi connectivity index (χ2n) is 7.78. The van der Waals surface area contributed by atoms with E-state index in [0.717, 1.165) is 48.4 Å². The number of aromatic nitrogens is 4. The van der Waals surface area contributed by atoms with Crippen molar-refractivity contribution in [2.24, 2.45) is 0 Å². The Bertz CT molecular complexity index is 1110. The molecule has 1 fully saturated rings. The van der Waals surface area contributed by atoms with Gasteiger partial charge in [-0.3, -0.25) is 9.59 Å². The molecule has 0 radical (unpaired) electrons. The quantitative estimate of drug-likeness (QED) is 0.703. The third kappa shape index (κ3) is 3.77. The Kier molecular flexibility index (Phi) is 5.48. The number of rotatable bonds is 5. The van der Waals surface area contributed by atoms with Crippen LogP contribution in [0.1, 0.15) is 52.1 Å². The Hall–Kier alpha value is -3.29. The largest absolute Gasteiger partial charge is 0.339 e. The first-order valence-corrected chi connectivity index (χ1v) is 10.3. The van der Waals surface area contributed by atoms with Crippen LogP contribution in [0, 0.1) is 20.8 Å². The van der Waals surface area contributed by atoms with Gasteiger partial charge in [0.15, 0.2) is 0 Å². The van der Waals surface area contributed by atoms with Gasteiger partial charge in [-0.25, -0.2) is 9.50 Å². The molecule has 0 bridgehead atoms. The van der Waals surface area contributed by atoms with Crippen molar-refractivity contribution in [2.75, 3.05) is 18.4 Å². The van der Waals surface area contributed by atoms with Crippen molar-refractivity contribution in [2.45, 2.75) is 46.5 Å². The summed E-state index contributed by atoms with van der Waals surface area (Å²) in [6.07, 6.45) is 4.36. The van der Waals surface area contributed by atoms with Crippen LogP contribution in [0.4, 0.5) is 5.69 Å². The molecule has 4 rings (SSSR count). The standard InChI is InChI=1S/C22H26N6O2/c1-14-7-6-8-18(20(14)21(30)27-11-4-5-12-27)26-19(29)10-9-17-15(2)25-22-23-13-24-28(22)16(17)3/h6-8,13H,4-5,9-12H2,1-3H3,(H,26,29). The van der Waals surface area contributed by atoms with Crippen LogP contribution in [0.15, 0.2) is 24.5 Å². The summed E-state index contributed by atoms with van der Waals surface area (Å²) in [4.78, 5) is 36.2. The number of hydrogen-bond acceptors (Lipinski definition) is 5. The Balaban J connectivity index is 1.50. The lowest BCUT2D eigenvalue weighted by Crippen LogP contribution is -2.29. The molecule has 0 unspecified atom stereocenters. The number of likely N-dealkylation sites (tertiary alicyclic amines) is 1. The summed E-state index contributed by atoms with van der Waals surface area (Å²) in [7, 11) is 0. The fourth-order valence-electron chi connectivity index (χ4n) is 4.10.